The second kappa shape index (κ2) is 11.0. The topological polar surface area (TPSA) is 178 Å². The zero-order valence-corrected chi connectivity index (χ0v) is 25.1. The lowest BCUT2D eigenvalue weighted by Gasteiger charge is -2.55. The highest BCUT2D eigenvalue weighted by atomic mass is 16.7. The van der Waals surface area contributed by atoms with Crippen molar-refractivity contribution >= 4 is 23.9 Å². The van der Waals surface area contributed by atoms with Crippen LogP contribution in [0.3, 0.4) is 0 Å². The summed E-state index contributed by atoms with van der Waals surface area (Å²) in [6.45, 7) is 10.2. The van der Waals surface area contributed by atoms with Crippen LogP contribution in [-0.2, 0) is 42.9 Å². The molecule has 11 unspecified atom stereocenters. The highest BCUT2D eigenvalue weighted by Crippen LogP contribution is 2.65. The first kappa shape index (κ1) is 32.1. The van der Waals surface area contributed by atoms with E-state index in [-0.39, 0.29) is 12.0 Å². The van der Waals surface area contributed by atoms with E-state index in [0.717, 1.165) is 26.7 Å². The molecule has 2 saturated heterocycles. The monoisotopic (exact) mass is 594 g/mol. The number of hydrogen-bond donors (Lipinski definition) is 3. The summed E-state index contributed by atoms with van der Waals surface area (Å²) in [6.07, 6.45) is -2.15. The van der Waals surface area contributed by atoms with E-state index in [9.17, 15) is 34.5 Å². The van der Waals surface area contributed by atoms with Gasteiger partial charge in [-0.05, 0) is 38.8 Å². The fourth-order valence-electron chi connectivity index (χ4n) is 7.09. The first-order valence-electron chi connectivity index (χ1n) is 14.4. The van der Waals surface area contributed by atoms with Gasteiger partial charge in [0.1, 0.15) is 24.4 Å². The predicted molar refractivity (Wildman–Crippen MR) is 144 cm³/mol. The molecule has 42 heavy (non-hydrogen) atoms. The molecule has 2 aliphatic heterocycles. The SMILES string of the molecule is CCCCCC(=O)OC1C(C)=CC2OC(=O)C3(C)OC23C(OC(C)=O)C2C(C)(O)C(O)C=CC2(C)C(OC(C)=O)C1O. The third-order valence-electron chi connectivity index (χ3n) is 9.31. The largest absolute Gasteiger partial charge is 0.459 e. The molecule has 1 spiro atoms. The second-order valence-corrected chi connectivity index (χ2v) is 12.5. The van der Waals surface area contributed by atoms with Gasteiger partial charge in [-0.3, -0.25) is 14.4 Å². The van der Waals surface area contributed by atoms with E-state index >= 15 is 0 Å². The van der Waals surface area contributed by atoms with Crippen molar-refractivity contribution in [2.45, 2.75) is 128 Å². The molecule has 12 nitrogen and oxygen atoms in total. The van der Waals surface area contributed by atoms with Gasteiger partial charge in [-0.1, -0.05) is 38.8 Å². The van der Waals surface area contributed by atoms with Crippen molar-refractivity contribution in [3.8, 4) is 0 Å². The first-order valence-corrected chi connectivity index (χ1v) is 14.4. The quantitative estimate of drug-likeness (QED) is 0.127. The van der Waals surface area contributed by atoms with E-state index in [2.05, 4.69) is 0 Å². The Morgan fingerprint density at radius 3 is 2.19 bits per heavy atom. The average Bonchev–Trinajstić information content (AvgIpc) is 3.48. The third kappa shape index (κ3) is 4.95. The van der Waals surface area contributed by atoms with Gasteiger partial charge < -0.3 is 39.0 Å². The van der Waals surface area contributed by atoms with Crippen molar-refractivity contribution in [2.24, 2.45) is 11.3 Å². The van der Waals surface area contributed by atoms with Gasteiger partial charge in [0.15, 0.2) is 23.4 Å². The number of rotatable bonds is 7. The molecular weight excluding hydrogens is 552 g/mol. The number of ether oxygens (including phenoxy) is 5. The number of aliphatic hydroxyl groups excluding tert-OH is 2. The summed E-state index contributed by atoms with van der Waals surface area (Å²) < 4.78 is 29.2. The molecule has 0 aromatic heterocycles. The van der Waals surface area contributed by atoms with E-state index in [1.807, 2.05) is 6.92 Å². The number of esters is 4. The van der Waals surface area contributed by atoms with Crippen molar-refractivity contribution in [3.63, 3.8) is 0 Å². The van der Waals surface area contributed by atoms with Crippen LogP contribution < -0.4 is 0 Å². The van der Waals surface area contributed by atoms with Gasteiger partial charge in [0, 0.05) is 31.6 Å². The van der Waals surface area contributed by atoms with Gasteiger partial charge in [0.25, 0.3) is 0 Å². The highest BCUT2D eigenvalue weighted by molar-refractivity contribution is 5.89. The Labute approximate surface area is 245 Å². The maximum absolute atomic E-state index is 13.1. The summed E-state index contributed by atoms with van der Waals surface area (Å²) in [5.74, 6) is -4.23. The number of aliphatic hydroxyl groups is 3. The number of hydrogen-bond acceptors (Lipinski definition) is 12. The molecule has 0 aromatic rings. The van der Waals surface area contributed by atoms with Crippen LogP contribution in [0, 0.1) is 11.3 Å². The number of unbranched alkanes of at least 4 members (excludes halogenated alkanes) is 2. The Morgan fingerprint density at radius 2 is 1.62 bits per heavy atom. The number of fused-ring (bicyclic) bond motifs is 1. The third-order valence-corrected chi connectivity index (χ3v) is 9.31. The van der Waals surface area contributed by atoms with Gasteiger partial charge in [0.05, 0.1) is 5.60 Å². The van der Waals surface area contributed by atoms with Gasteiger partial charge in [0.2, 0.25) is 0 Å². The molecule has 2 aliphatic carbocycles. The molecule has 4 aliphatic rings. The Bertz CT molecular complexity index is 1190. The zero-order valence-electron chi connectivity index (χ0n) is 25.1. The van der Waals surface area contributed by atoms with Gasteiger partial charge in [-0.2, -0.15) is 0 Å². The fraction of sp³-hybridized carbons (Fsp3) is 0.733. The minimum atomic E-state index is -2.08. The minimum Gasteiger partial charge on any atom is -0.459 e. The maximum Gasteiger partial charge on any atom is 0.342 e. The van der Waals surface area contributed by atoms with Crippen molar-refractivity contribution in [1.82, 2.24) is 0 Å². The summed E-state index contributed by atoms with van der Waals surface area (Å²) >= 11 is 0. The molecule has 0 aromatic carbocycles. The van der Waals surface area contributed by atoms with Crippen LogP contribution in [0.5, 0.6) is 0 Å². The van der Waals surface area contributed by atoms with Crippen LogP contribution in [0.25, 0.3) is 0 Å². The second-order valence-electron chi connectivity index (χ2n) is 12.5. The highest BCUT2D eigenvalue weighted by Gasteiger charge is 2.88. The predicted octanol–water partition coefficient (Wildman–Crippen LogP) is 1.42. The molecule has 2 heterocycles. The van der Waals surface area contributed by atoms with E-state index in [1.165, 1.54) is 32.1 Å². The lowest BCUT2D eigenvalue weighted by Crippen LogP contribution is -2.68. The van der Waals surface area contributed by atoms with E-state index in [4.69, 9.17) is 23.7 Å². The van der Waals surface area contributed by atoms with Crippen molar-refractivity contribution in [3.05, 3.63) is 23.8 Å². The summed E-state index contributed by atoms with van der Waals surface area (Å²) in [5.41, 5.74) is -6.66. The summed E-state index contributed by atoms with van der Waals surface area (Å²) in [7, 11) is 0. The average molecular weight is 595 g/mol. The number of carbonyl (C=O) groups excluding carboxylic acids is 4. The van der Waals surface area contributed by atoms with Gasteiger partial charge >= 0.3 is 23.9 Å². The normalized spacial score (nSPS) is 44.0. The fourth-order valence-corrected chi connectivity index (χ4v) is 7.09. The van der Waals surface area contributed by atoms with Crippen molar-refractivity contribution in [1.29, 1.82) is 0 Å². The van der Waals surface area contributed by atoms with Crippen LogP contribution in [0.2, 0.25) is 0 Å². The Hall–Kier alpha value is -2.80. The minimum absolute atomic E-state index is 0.0847. The molecule has 4 rings (SSSR count). The zero-order chi connectivity index (χ0) is 31.4. The lowest BCUT2D eigenvalue weighted by atomic mass is 9.55. The molecule has 0 amide bonds. The number of epoxide rings is 1. The molecule has 12 heteroatoms. The molecular formula is C30H42O12. The summed E-state index contributed by atoms with van der Waals surface area (Å²) in [6, 6.07) is 0. The van der Waals surface area contributed by atoms with Crippen molar-refractivity contribution < 1.29 is 58.2 Å². The van der Waals surface area contributed by atoms with E-state index in [1.54, 1.807) is 13.8 Å². The Kier molecular flexibility index (Phi) is 8.44. The molecule has 234 valence electrons. The van der Waals surface area contributed by atoms with E-state index in [0.29, 0.717) is 6.42 Å². The molecule has 3 N–H and O–H groups in total. The smallest absolute Gasteiger partial charge is 0.342 e. The lowest BCUT2D eigenvalue weighted by molar-refractivity contribution is -0.226. The molecule has 0 bridgehead atoms. The summed E-state index contributed by atoms with van der Waals surface area (Å²) in [5, 5.41) is 34.8. The van der Waals surface area contributed by atoms with Crippen LogP contribution in [0.1, 0.15) is 74.1 Å². The molecule has 0 radical (unpaired) electrons. The Morgan fingerprint density at radius 1 is 1.00 bits per heavy atom. The van der Waals surface area contributed by atoms with Crippen LogP contribution in [0.15, 0.2) is 23.8 Å². The standard InChI is InChI=1S/C30H42O12/c1-8-9-10-11-20(34)41-22-15(2)14-19-30(29(7,42-30)26(36)40-19)25(39-17(4)32)23-27(5,13-12-18(33)28(23,6)37)24(21(22)35)38-16(3)31/h12-14,18-19,21-25,33,35,37H,8-11H2,1-7H3. The molecule has 2 fully saturated rings. The van der Waals surface area contributed by atoms with Crippen LogP contribution in [0.4, 0.5) is 0 Å². The first-order chi connectivity index (χ1) is 19.5. The molecule has 11 atom stereocenters. The number of carbonyl (C=O) groups is 4. The van der Waals surface area contributed by atoms with Crippen molar-refractivity contribution in [2.75, 3.05) is 0 Å². The van der Waals surface area contributed by atoms with Crippen LogP contribution >= 0.6 is 0 Å². The van der Waals surface area contributed by atoms with E-state index < -0.39 is 88.6 Å². The Balaban J connectivity index is 1.98. The van der Waals surface area contributed by atoms with Gasteiger partial charge in [-0.25, -0.2) is 4.79 Å². The van der Waals surface area contributed by atoms with Gasteiger partial charge in [-0.15, -0.1) is 0 Å². The maximum atomic E-state index is 13.1. The molecule has 0 saturated carbocycles. The van der Waals surface area contributed by atoms with Crippen LogP contribution in [-0.4, -0.2) is 92.6 Å². The summed E-state index contributed by atoms with van der Waals surface area (Å²) in [4.78, 5) is 51.1.